The molecular weight excluding hydrogens is 779 g/mol. The van der Waals surface area contributed by atoms with Gasteiger partial charge in [-0.25, -0.2) is 0 Å². The first-order valence-electron chi connectivity index (χ1n) is 22.6. The standard InChI is InChI=1S/C52H59N3O7/c56-23-6-9-36-16-14-34-25-38(36)30-37-18-21-54-52(37)55-32-40-31-46-43(19-22-53-46)44(13-4-1-7-33-8-5-10-41(58)28-33)49(40)51(61)45(20-24-57)47(59)17-15-35-27-39(26-34)50(60)48(29-35)62-42-11-2-3-12-42/h5,8,10,14,16,18-19,21-22,25,27-29,31,42,44-45,49,54,56-58,60H,1-4,6-7,9,11-13,15,17,20,23-24,26,30,32H2/q-2/t44-,45-,49+/m0/s1. The van der Waals surface area contributed by atoms with Gasteiger partial charge in [0, 0.05) is 37.5 Å². The molecule has 2 aliphatic carbocycles. The number of aryl methyl sites for hydroxylation is 3. The topological polar surface area (TPSA) is 168 Å². The number of aliphatic hydroxyl groups is 2. The monoisotopic (exact) mass is 837 g/mol. The molecule has 1 aliphatic heterocycles. The molecule has 10 heteroatoms. The number of aromatic nitrogens is 2. The van der Waals surface area contributed by atoms with Crippen LogP contribution in [0.25, 0.3) is 11.4 Å². The van der Waals surface area contributed by atoms with Crippen LogP contribution in [0.2, 0.25) is 0 Å². The van der Waals surface area contributed by atoms with Crippen molar-refractivity contribution in [3.05, 3.63) is 140 Å². The van der Waals surface area contributed by atoms with Crippen molar-refractivity contribution in [2.45, 2.75) is 108 Å². The summed E-state index contributed by atoms with van der Waals surface area (Å²) in [5, 5.41) is 47.0. The zero-order valence-electron chi connectivity index (χ0n) is 35.5. The molecule has 10 nitrogen and oxygen atoms in total. The van der Waals surface area contributed by atoms with Gasteiger partial charge in [0.05, 0.1) is 12.0 Å². The summed E-state index contributed by atoms with van der Waals surface area (Å²) in [5.41, 5.74) is 9.47. The number of hydrogen-bond donors (Lipinski definition) is 5. The number of aromatic amines is 1. The minimum Gasteiger partial charge on any atom is -0.664 e. The molecule has 3 heterocycles. The molecule has 1 saturated carbocycles. The van der Waals surface area contributed by atoms with E-state index in [9.17, 15) is 25.2 Å². The second-order valence-corrected chi connectivity index (χ2v) is 17.5. The molecule has 62 heavy (non-hydrogen) atoms. The summed E-state index contributed by atoms with van der Waals surface area (Å²) in [6.07, 6.45) is 15.6. The van der Waals surface area contributed by atoms with E-state index in [1.807, 2.05) is 48.7 Å². The number of phenolic OH excluding ortho intramolecular Hbond substituents is 2. The van der Waals surface area contributed by atoms with Crippen LogP contribution in [0.1, 0.15) is 120 Å². The van der Waals surface area contributed by atoms with Crippen LogP contribution in [-0.4, -0.2) is 62.8 Å². The average Bonchev–Trinajstić information content (AvgIpc) is 4.07. The molecule has 0 unspecified atom stereocenters. The first-order valence-corrected chi connectivity index (χ1v) is 22.6. The third kappa shape index (κ3) is 10.0. The van der Waals surface area contributed by atoms with E-state index in [0.717, 1.165) is 95.2 Å². The summed E-state index contributed by atoms with van der Waals surface area (Å²) < 4.78 is 6.45. The molecule has 1 fully saturated rings. The number of carbonyl (C=O) groups is 2. The zero-order valence-corrected chi connectivity index (χ0v) is 35.5. The fraction of sp³-hybridized carbons (Fsp3) is 0.423. The summed E-state index contributed by atoms with van der Waals surface area (Å²) >= 11 is 0. The van der Waals surface area contributed by atoms with E-state index in [2.05, 4.69) is 23.2 Å². The van der Waals surface area contributed by atoms with Crippen molar-refractivity contribution in [3.63, 3.8) is 0 Å². The number of ether oxygens (including phenoxy) is 1. The van der Waals surface area contributed by atoms with Gasteiger partial charge in [-0.05, 0) is 141 Å². The number of unbranched alkanes of at least 4 members (excludes halogenated alkanes) is 1. The zero-order chi connectivity index (χ0) is 43.0. The number of hydrogen-bond acceptors (Lipinski definition) is 7. The predicted molar refractivity (Wildman–Crippen MR) is 240 cm³/mol. The molecule has 326 valence electrons. The molecule has 4 bridgehead atoms. The highest BCUT2D eigenvalue weighted by atomic mass is 16.5. The van der Waals surface area contributed by atoms with Crippen LogP contribution < -0.4 is 9.72 Å². The second-order valence-electron chi connectivity index (χ2n) is 17.5. The number of nitrogens with zero attached hydrogens (tertiary/aromatic N) is 2. The molecule has 0 amide bonds. The van der Waals surface area contributed by atoms with Crippen molar-refractivity contribution < 1.29 is 34.8 Å². The van der Waals surface area contributed by atoms with Crippen molar-refractivity contribution in [2.75, 3.05) is 19.8 Å². The van der Waals surface area contributed by atoms with Gasteiger partial charge < -0.3 is 40.4 Å². The Morgan fingerprint density at radius 1 is 0.790 bits per heavy atom. The van der Waals surface area contributed by atoms with E-state index in [1.165, 1.54) is 0 Å². The third-order valence-electron chi connectivity index (χ3n) is 13.2. The minimum absolute atomic E-state index is 0.0145. The van der Waals surface area contributed by atoms with Crippen LogP contribution >= 0.6 is 0 Å². The minimum atomic E-state index is -1.01. The van der Waals surface area contributed by atoms with Gasteiger partial charge in [0.1, 0.15) is 11.5 Å². The molecule has 3 aromatic carbocycles. The fourth-order valence-electron chi connectivity index (χ4n) is 10.0. The van der Waals surface area contributed by atoms with Crippen molar-refractivity contribution >= 4 is 23.5 Å². The highest BCUT2D eigenvalue weighted by molar-refractivity contribution is 6.05. The first kappa shape index (κ1) is 43.1. The summed E-state index contributed by atoms with van der Waals surface area (Å²) in [5.74, 6) is -0.829. The van der Waals surface area contributed by atoms with Crippen LogP contribution in [0, 0.1) is 11.8 Å². The third-order valence-corrected chi connectivity index (χ3v) is 13.2. The van der Waals surface area contributed by atoms with E-state index in [4.69, 9.17) is 15.0 Å². The van der Waals surface area contributed by atoms with Crippen LogP contribution in [0.3, 0.4) is 0 Å². The Morgan fingerprint density at radius 3 is 2.47 bits per heavy atom. The summed E-state index contributed by atoms with van der Waals surface area (Å²) in [4.78, 5) is 37.7. The molecule has 0 radical (unpaired) electrons. The summed E-state index contributed by atoms with van der Waals surface area (Å²) in [6, 6.07) is 21.6. The molecule has 3 aliphatic rings. The quantitative estimate of drug-likeness (QED) is 0.0613. The summed E-state index contributed by atoms with van der Waals surface area (Å²) in [6.45, 7) is 0.0112. The molecule has 5 aromatic rings. The second kappa shape index (κ2) is 20.1. The number of H-pyrrole nitrogens is 1. The highest BCUT2D eigenvalue weighted by Gasteiger charge is 2.40. The average molecular weight is 838 g/mol. The number of fused-ring (bicyclic) bond motifs is 7. The number of Topliss-reactive ketones (excluding diaryl/α,β-unsaturated/α-hetero) is 2. The maximum atomic E-state index is 15.2. The molecule has 8 rings (SSSR count). The molecular formula is C52H59N3O7-2. The fourth-order valence-corrected chi connectivity index (χ4v) is 10.0. The Morgan fingerprint density at radius 2 is 1.65 bits per heavy atom. The lowest BCUT2D eigenvalue weighted by molar-refractivity contribution is -0.135. The van der Waals surface area contributed by atoms with Crippen molar-refractivity contribution in [1.29, 1.82) is 0 Å². The van der Waals surface area contributed by atoms with Crippen molar-refractivity contribution in [3.8, 4) is 17.2 Å². The van der Waals surface area contributed by atoms with E-state index in [1.54, 1.807) is 18.3 Å². The van der Waals surface area contributed by atoms with Crippen LogP contribution in [-0.2, 0) is 41.7 Å². The lowest BCUT2D eigenvalue weighted by Gasteiger charge is -2.37. The SMILES string of the molecule is O=C1CCc2cc(c(O)c(OC3CCCC3)c2)Cc2ccc(CCCO)c(c2)Cc2cc[nH]c2[N-]CC2=Cc3[n-]ccc3[C@H](CCCCc3cccc(O)c3)[C@@H]2C(=O)[C@H]1CCO. The van der Waals surface area contributed by atoms with E-state index >= 15 is 4.79 Å². The van der Waals surface area contributed by atoms with Crippen molar-refractivity contribution in [1.82, 2.24) is 9.97 Å². The molecule has 0 spiro atoms. The van der Waals surface area contributed by atoms with E-state index < -0.39 is 11.8 Å². The number of rotatable bonds is 12. The van der Waals surface area contributed by atoms with Gasteiger partial charge in [-0.15, -0.1) is 5.69 Å². The van der Waals surface area contributed by atoms with E-state index in [-0.39, 0.29) is 67.7 Å². The molecule has 0 saturated heterocycles. The van der Waals surface area contributed by atoms with Gasteiger partial charge in [0.2, 0.25) is 0 Å². The first-order chi connectivity index (χ1) is 30.3. The largest absolute Gasteiger partial charge is 0.664 e. The number of nitrogens with one attached hydrogen (secondary N) is 1. The number of phenols is 2. The number of ketones is 2. The number of aromatic hydroxyl groups is 2. The van der Waals surface area contributed by atoms with Gasteiger partial charge >= 0.3 is 0 Å². The van der Waals surface area contributed by atoms with Gasteiger partial charge in [0.15, 0.2) is 17.3 Å². The number of aliphatic hydroxyl groups excluding tert-OH is 2. The number of benzene rings is 3. The normalized spacial score (nSPS) is 19.6. The Labute approximate surface area is 364 Å². The Balaban J connectivity index is 1.17. The maximum Gasteiger partial charge on any atom is 0.161 e. The smallest absolute Gasteiger partial charge is 0.161 e. The van der Waals surface area contributed by atoms with Crippen molar-refractivity contribution in [2.24, 2.45) is 11.8 Å². The number of carbonyl (C=O) groups excluding carboxylic acids is 2. The Bertz CT molecular complexity index is 2370. The molecule has 5 N–H and O–H groups in total. The molecule has 2 aromatic heterocycles. The van der Waals surface area contributed by atoms with Crippen LogP contribution in [0.15, 0.2) is 84.7 Å². The lowest BCUT2D eigenvalue weighted by atomic mass is 9.69. The van der Waals surface area contributed by atoms with Gasteiger partial charge in [0.25, 0.3) is 0 Å². The summed E-state index contributed by atoms with van der Waals surface area (Å²) in [7, 11) is 0. The highest BCUT2D eigenvalue weighted by Crippen LogP contribution is 2.45. The lowest BCUT2D eigenvalue weighted by Crippen LogP contribution is -2.37. The van der Waals surface area contributed by atoms with Gasteiger partial charge in [-0.2, -0.15) is 6.20 Å². The predicted octanol–water partition coefficient (Wildman–Crippen LogP) is 9.11. The Hall–Kier alpha value is -5.58. The maximum absolute atomic E-state index is 15.2. The van der Waals surface area contributed by atoms with Gasteiger partial charge in [-0.3, -0.25) is 9.59 Å². The van der Waals surface area contributed by atoms with Crippen LogP contribution in [0.5, 0.6) is 17.2 Å². The van der Waals surface area contributed by atoms with Gasteiger partial charge in [-0.1, -0.05) is 84.2 Å². The van der Waals surface area contributed by atoms with E-state index in [0.29, 0.717) is 55.7 Å². The van der Waals surface area contributed by atoms with Crippen LogP contribution in [0.4, 0.5) is 5.82 Å². The Kier molecular flexibility index (Phi) is 14.0. The molecule has 3 atom stereocenters.